The van der Waals surface area contributed by atoms with Crippen molar-refractivity contribution in [2.45, 2.75) is 38.6 Å². The third-order valence-corrected chi connectivity index (χ3v) is 5.89. The molecule has 1 aliphatic rings. The number of hydrogen-bond acceptors (Lipinski definition) is 4. The first kappa shape index (κ1) is 19.7. The van der Waals surface area contributed by atoms with Crippen LogP contribution in [0.15, 0.2) is 48.5 Å². The molecule has 0 aromatic heterocycles. The van der Waals surface area contributed by atoms with E-state index in [1.54, 1.807) is 13.2 Å². The quantitative estimate of drug-likeness (QED) is 0.613. The molecule has 5 heteroatoms. The molecule has 1 aliphatic heterocycles. The Morgan fingerprint density at radius 3 is 2.18 bits per heavy atom. The highest BCUT2D eigenvalue weighted by molar-refractivity contribution is 6.09. The largest absolute Gasteiger partial charge is 0.497 e. The molecule has 28 heavy (non-hydrogen) atoms. The number of carboxylic acids is 1. The molecule has 3 rings (SSSR count). The van der Waals surface area contributed by atoms with Crippen molar-refractivity contribution >= 4 is 17.4 Å². The van der Waals surface area contributed by atoms with Gasteiger partial charge in [-0.3, -0.25) is 4.79 Å². The Morgan fingerprint density at radius 2 is 1.61 bits per heavy atom. The van der Waals surface area contributed by atoms with Gasteiger partial charge in [0.15, 0.2) is 5.78 Å². The number of ketones is 1. The number of methoxy groups -OCH3 is 1. The summed E-state index contributed by atoms with van der Waals surface area (Å²) >= 11 is 0. The summed E-state index contributed by atoms with van der Waals surface area (Å²) in [6.45, 7) is 8.57. The lowest BCUT2D eigenvalue weighted by Gasteiger charge is -2.49. The lowest BCUT2D eigenvalue weighted by molar-refractivity contribution is 0.0696. The molecule has 0 amide bonds. The highest BCUT2D eigenvalue weighted by Gasteiger charge is 2.44. The zero-order chi connectivity index (χ0) is 20.7. The fourth-order valence-corrected chi connectivity index (χ4v) is 3.42. The summed E-state index contributed by atoms with van der Waals surface area (Å²) in [6.07, 6.45) is 1.57. The van der Waals surface area contributed by atoms with Crippen LogP contribution in [-0.4, -0.2) is 29.5 Å². The van der Waals surface area contributed by atoms with Crippen LogP contribution in [0.25, 0.3) is 5.70 Å². The summed E-state index contributed by atoms with van der Waals surface area (Å²) in [4.78, 5) is 23.8. The van der Waals surface area contributed by atoms with Crippen molar-refractivity contribution in [3.8, 4) is 5.75 Å². The van der Waals surface area contributed by atoms with Crippen molar-refractivity contribution in [1.82, 2.24) is 5.32 Å². The van der Waals surface area contributed by atoms with E-state index < -0.39 is 5.97 Å². The molecule has 0 unspecified atom stereocenters. The summed E-state index contributed by atoms with van der Waals surface area (Å²) in [6, 6.07) is 11.9. The van der Waals surface area contributed by atoms with Gasteiger partial charge in [0.1, 0.15) is 5.75 Å². The average molecular weight is 379 g/mol. The van der Waals surface area contributed by atoms with Gasteiger partial charge in [-0.2, -0.15) is 0 Å². The molecule has 0 radical (unpaired) electrons. The topological polar surface area (TPSA) is 75.6 Å². The molecular formula is C23H25NO4. The van der Waals surface area contributed by atoms with Crippen LogP contribution in [0.4, 0.5) is 0 Å². The number of aromatic carboxylic acids is 1. The van der Waals surface area contributed by atoms with Gasteiger partial charge in [0.2, 0.25) is 0 Å². The molecule has 2 aromatic rings. The lowest BCUT2D eigenvalue weighted by atomic mass is 9.65. The second-order valence-electron chi connectivity index (χ2n) is 8.09. The van der Waals surface area contributed by atoms with Crippen molar-refractivity contribution < 1.29 is 19.4 Å². The standard InChI is InChI=1S/C23H25NO4/c1-22(2)18-11-10-16(28-5)12-17(18)19(24-23(22,3)4)13-20(25)14-6-8-15(9-7-14)21(26)27/h6-13,24H,1-5H3,(H,26,27)/b19-13-. The van der Waals surface area contributed by atoms with E-state index in [4.69, 9.17) is 9.84 Å². The van der Waals surface area contributed by atoms with Crippen LogP contribution in [0, 0.1) is 0 Å². The Morgan fingerprint density at radius 1 is 1.00 bits per heavy atom. The molecule has 0 spiro atoms. The normalized spacial score (nSPS) is 18.1. The molecule has 2 aromatic carbocycles. The molecule has 2 N–H and O–H groups in total. The van der Waals surface area contributed by atoms with Crippen molar-refractivity contribution in [3.63, 3.8) is 0 Å². The number of hydrogen-bond donors (Lipinski definition) is 2. The maximum atomic E-state index is 12.8. The van der Waals surface area contributed by atoms with Gasteiger partial charge < -0.3 is 15.2 Å². The number of carbonyl (C=O) groups is 2. The number of carbonyl (C=O) groups excluding carboxylic acids is 1. The predicted octanol–water partition coefficient (Wildman–Crippen LogP) is 4.28. The molecule has 0 fully saturated rings. The van der Waals surface area contributed by atoms with Crippen LogP contribution in [-0.2, 0) is 5.41 Å². The van der Waals surface area contributed by atoms with Crippen LogP contribution in [0.2, 0.25) is 0 Å². The highest BCUT2D eigenvalue weighted by Crippen LogP contribution is 2.44. The monoisotopic (exact) mass is 379 g/mol. The minimum atomic E-state index is -1.02. The van der Waals surface area contributed by atoms with Gasteiger partial charge in [-0.15, -0.1) is 0 Å². The van der Waals surface area contributed by atoms with Crippen LogP contribution in [0.3, 0.4) is 0 Å². The second kappa shape index (κ2) is 6.82. The summed E-state index contributed by atoms with van der Waals surface area (Å²) in [5.41, 5.74) is 2.93. The third-order valence-electron chi connectivity index (χ3n) is 5.89. The van der Waals surface area contributed by atoms with Crippen LogP contribution >= 0.6 is 0 Å². The number of benzene rings is 2. The van der Waals surface area contributed by atoms with E-state index in [-0.39, 0.29) is 22.3 Å². The smallest absolute Gasteiger partial charge is 0.335 e. The zero-order valence-electron chi connectivity index (χ0n) is 16.8. The lowest BCUT2D eigenvalue weighted by Crippen LogP contribution is -2.56. The van der Waals surface area contributed by atoms with Gasteiger partial charge >= 0.3 is 5.97 Å². The van der Waals surface area contributed by atoms with E-state index in [2.05, 4.69) is 39.1 Å². The summed E-state index contributed by atoms with van der Waals surface area (Å²) in [5.74, 6) is -0.486. The fraction of sp³-hybridized carbons (Fsp3) is 0.304. The Bertz CT molecular complexity index is 969. The molecule has 0 saturated heterocycles. The van der Waals surface area contributed by atoms with E-state index in [1.807, 2.05) is 12.1 Å². The molecular weight excluding hydrogens is 354 g/mol. The molecule has 1 heterocycles. The molecule has 5 nitrogen and oxygen atoms in total. The predicted molar refractivity (Wildman–Crippen MR) is 109 cm³/mol. The van der Waals surface area contributed by atoms with Gasteiger partial charge in [-0.05, 0) is 43.7 Å². The maximum absolute atomic E-state index is 12.8. The molecule has 146 valence electrons. The Balaban J connectivity index is 2.07. The minimum Gasteiger partial charge on any atom is -0.497 e. The van der Waals surface area contributed by atoms with E-state index in [9.17, 15) is 9.59 Å². The summed E-state index contributed by atoms with van der Waals surface area (Å²) in [7, 11) is 1.62. The Kier molecular flexibility index (Phi) is 4.79. The molecule has 0 aliphatic carbocycles. The first-order valence-corrected chi connectivity index (χ1v) is 9.13. The minimum absolute atomic E-state index is 0.151. The third kappa shape index (κ3) is 3.28. The maximum Gasteiger partial charge on any atom is 0.335 e. The number of allylic oxidation sites excluding steroid dienone is 1. The zero-order valence-corrected chi connectivity index (χ0v) is 16.8. The van der Waals surface area contributed by atoms with E-state index in [0.717, 1.165) is 22.6 Å². The SMILES string of the molecule is COc1ccc2c(c1)/C(=C/C(=O)c1ccc(C(=O)O)cc1)NC(C)(C)C2(C)C. The molecule has 0 bridgehead atoms. The first-order valence-electron chi connectivity index (χ1n) is 9.13. The number of ether oxygens (including phenoxy) is 1. The van der Waals surface area contributed by atoms with E-state index in [0.29, 0.717) is 5.56 Å². The van der Waals surface area contributed by atoms with Gasteiger partial charge in [0, 0.05) is 33.9 Å². The van der Waals surface area contributed by atoms with Gasteiger partial charge in [0.05, 0.1) is 12.7 Å². The van der Waals surface area contributed by atoms with Crippen LogP contribution < -0.4 is 10.1 Å². The average Bonchev–Trinajstić information content (AvgIpc) is 2.65. The van der Waals surface area contributed by atoms with Crippen LogP contribution in [0.1, 0.15) is 59.5 Å². The first-order chi connectivity index (χ1) is 13.1. The molecule has 0 saturated carbocycles. The molecule has 0 atom stereocenters. The highest BCUT2D eigenvalue weighted by atomic mass is 16.5. The Labute approximate surface area is 165 Å². The number of fused-ring (bicyclic) bond motifs is 1. The van der Waals surface area contributed by atoms with Gasteiger partial charge in [-0.1, -0.05) is 32.0 Å². The number of carboxylic acid groups (broad SMARTS) is 1. The van der Waals surface area contributed by atoms with Crippen LogP contribution in [0.5, 0.6) is 5.75 Å². The summed E-state index contributed by atoms with van der Waals surface area (Å²) in [5, 5.41) is 12.5. The Hall–Kier alpha value is -3.08. The van der Waals surface area contributed by atoms with Gasteiger partial charge in [0.25, 0.3) is 0 Å². The van der Waals surface area contributed by atoms with Crippen molar-refractivity contribution in [2.75, 3.05) is 7.11 Å². The van der Waals surface area contributed by atoms with Crippen molar-refractivity contribution in [2.24, 2.45) is 0 Å². The van der Waals surface area contributed by atoms with Gasteiger partial charge in [-0.25, -0.2) is 4.79 Å². The van der Waals surface area contributed by atoms with Crippen molar-refractivity contribution in [1.29, 1.82) is 0 Å². The fourth-order valence-electron chi connectivity index (χ4n) is 3.42. The second-order valence-corrected chi connectivity index (χ2v) is 8.09. The van der Waals surface area contributed by atoms with E-state index in [1.165, 1.54) is 24.3 Å². The number of nitrogens with one attached hydrogen (secondary N) is 1. The van der Waals surface area contributed by atoms with E-state index >= 15 is 0 Å². The van der Waals surface area contributed by atoms with Crippen molar-refractivity contribution in [3.05, 3.63) is 70.8 Å². The summed E-state index contributed by atoms with van der Waals surface area (Å²) < 4.78 is 5.38. The number of rotatable bonds is 4.